The molecule has 3 rings (SSSR count). The minimum atomic E-state index is -3.52. The minimum absolute atomic E-state index is 0.0607. The second-order valence-electron chi connectivity index (χ2n) is 15.2. The molecule has 0 aromatic carbocycles. The van der Waals surface area contributed by atoms with E-state index in [-0.39, 0.29) is 36.8 Å². The second kappa shape index (κ2) is 14.6. The van der Waals surface area contributed by atoms with Crippen LogP contribution in [0.15, 0.2) is 12.7 Å². The van der Waals surface area contributed by atoms with Crippen molar-refractivity contribution in [1.82, 2.24) is 30.5 Å². The maximum absolute atomic E-state index is 14.3. The van der Waals surface area contributed by atoms with Crippen LogP contribution in [0, 0.1) is 22.7 Å². The number of likely N-dealkylation sites (tertiary alicyclic amines) is 1. The summed E-state index contributed by atoms with van der Waals surface area (Å²) in [6.45, 7) is 15.5. The molecule has 47 heavy (non-hydrogen) atoms. The molecule has 0 spiro atoms. The number of Topliss-reactive ketones (excluding diaryl/α,β-unsaturated/α-hetero) is 1. The monoisotopic (exact) mass is 680 g/mol. The van der Waals surface area contributed by atoms with Gasteiger partial charge in [0.2, 0.25) is 27.6 Å². The van der Waals surface area contributed by atoms with Crippen LogP contribution in [0.5, 0.6) is 0 Å². The molecule has 2 saturated carbocycles. The number of ketones is 1. The molecular weight excluding hydrogens is 624 g/mol. The van der Waals surface area contributed by atoms with Crippen molar-refractivity contribution >= 4 is 39.6 Å². The predicted octanol–water partition coefficient (Wildman–Crippen LogP) is 1.93. The Morgan fingerprint density at radius 2 is 1.66 bits per heavy atom. The molecule has 3 aliphatic rings. The van der Waals surface area contributed by atoms with Gasteiger partial charge in [-0.25, -0.2) is 13.2 Å². The van der Waals surface area contributed by atoms with Gasteiger partial charge in [-0.1, -0.05) is 73.3 Å². The first-order valence-corrected chi connectivity index (χ1v) is 18.6. The number of hydrogen-bond acceptors (Lipinski definition) is 7. The first-order valence-electron chi connectivity index (χ1n) is 16.7. The standard InChI is InChI=1S/C33H56N6O7S/c1-10-15-22(25(40)28(42)34-18-11-2)36-27(41)24-23-21(32(23,6)7)19-39(24)29(43)26(31(3,4)5)37-30(44)35-20-33(16-13-12-14-17-33)38(8)47(9,45)46/h11,21-24,26H,2,10,12-20H2,1,3-9H3,(H,34,42)(H,36,41)(H2,35,37,44)/t21-,22?,23-,24-,26+/m0/s1. The van der Waals surface area contributed by atoms with Gasteiger partial charge in [0.25, 0.3) is 5.91 Å². The van der Waals surface area contributed by atoms with Gasteiger partial charge in [-0.05, 0) is 41.9 Å². The molecule has 0 radical (unpaired) electrons. The predicted molar refractivity (Wildman–Crippen MR) is 180 cm³/mol. The molecule has 14 heteroatoms. The average molecular weight is 681 g/mol. The van der Waals surface area contributed by atoms with E-state index in [4.69, 9.17) is 0 Å². The zero-order chi connectivity index (χ0) is 35.5. The molecule has 1 aliphatic heterocycles. The van der Waals surface area contributed by atoms with Crippen molar-refractivity contribution < 1.29 is 32.4 Å². The third kappa shape index (κ3) is 8.54. The van der Waals surface area contributed by atoms with Gasteiger partial charge in [0, 0.05) is 26.7 Å². The molecule has 2 aliphatic carbocycles. The summed E-state index contributed by atoms with van der Waals surface area (Å²) >= 11 is 0. The molecule has 0 bridgehead atoms. The van der Waals surface area contributed by atoms with Crippen molar-refractivity contribution in [3.63, 3.8) is 0 Å². The fourth-order valence-electron chi connectivity index (χ4n) is 7.44. The molecule has 5 atom stereocenters. The highest BCUT2D eigenvalue weighted by atomic mass is 32.2. The highest BCUT2D eigenvalue weighted by molar-refractivity contribution is 7.88. The molecule has 0 aromatic rings. The molecule has 1 unspecified atom stereocenters. The molecule has 1 heterocycles. The summed E-state index contributed by atoms with van der Waals surface area (Å²) in [6.07, 6.45) is 7.31. The molecular formula is C33H56N6O7S. The van der Waals surface area contributed by atoms with Gasteiger partial charge < -0.3 is 26.2 Å². The quantitative estimate of drug-likeness (QED) is 0.160. The van der Waals surface area contributed by atoms with Gasteiger partial charge in [0.15, 0.2) is 0 Å². The Morgan fingerprint density at radius 1 is 1.04 bits per heavy atom. The van der Waals surface area contributed by atoms with Gasteiger partial charge in [0.1, 0.15) is 12.1 Å². The summed E-state index contributed by atoms with van der Waals surface area (Å²) < 4.78 is 26.3. The summed E-state index contributed by atoms with van der Waals surface area (Å²) in [4.78, 5) is 68.4. The van der Waals surface area contributed by atoms with E-state index in [0.717, 1.165) is 25.5 Å². The number of carbonyl (C=O) groups excluding carboxylic acids is 5. The summed E-state index contributed by atoms with van der Waals surface area (Å²) in [6, 6.07) is -3.54. The SMILES string of the molecule is C=CCNC(=O)C(=O)C(CCC)NC(=O)[C@@H]1[C@@H]2[C@H](CN1C(=O)[C@@H](NC(=O)NCC1(N(C)S(C)(=O)=O)CCCCC1)C(C)(C)C)C2(C)C. The normalized spacial score (nSPS) is 24.4. The van der Waals surface area contributed by atoms with Crippen LogP contribution < -0.4 is 21.3 Å². The fraction of sp³-hybridized carbons (Fsp3) is 0.788. The zero-order valence-electron chi connectivity index (χ0n) is 29.4. The number of carbonyl (C=O) groups is 5. The molecule has 13 nitrogen and oxygen atoms in total. The number of hydrogen-bond donors (Lipinski definition) is 4. The number of sulfonamides is 1. The maximum atomic E-state index is 14.3. The van der Waals surface area contributed by atoms with E-state index in [0.29, 0.717) is 25.8 Å². The smallest absolute Gasteiger partial charge is 0.315 e. The van der Waals surface area contributed by atoms with Crippen LogP contribution in [0.3, 0.4) is 0 Å². The number of piperidine rings is 1. The lowest BCUT2D eigenvalue weighted by Gasteiger charge is -2.43. The van der Waals surface area contributed by atoms with Gasteiger partial charge in [-0.2, -0.15) is 4.31 Å². The van der Waals surface area contributed by atoms with Gasteiger partial charge >= 0.3 is 6.03 Å². The molecule has 5 amide bonds. The Morgan fingerprint density at radius 3 is 2.19 bits per heavy atom. The van der Waals surface area contributed by atoms with Crippen LogP contribution in [0.4, 0.5) is 4.79 Å². The number of urea groups is 1. The van der Waals surface area contributed by atoms with Crippen molar-refractivity contribution in [3.8, 4) is 0 Å². The summed E-state index contributed by atoms with van der Waals surface area (Å²) in [7, 11) is -1.97. The lowest BCUT2D eigenvalue weighted by molar-refractivity contribution is -0.145. The molecule has 0 aromatic heterocycles. The zero-order valence-corrected chi connectivity index (χ0v) is 30.2. The van der Waals surface area contributed by atoms with Gasteiger partial charge in [0.05, 0.1) is 17.8 Å². The van der Waals surface area contributed by atoms with Crippen molar-refractivity contribution in [2.75, 3.05) is 32.9 Å². The van der Waals surface area contributed by atoms with Gasteiger partial charge in [-0.15, -0.1) is 6.58 Å². The molecule has 1 saturated heterocycles. The highest BCUT2D eigenvalue weighted by Gasteiger charge is 2.70. The lowest BCUT2D eigenvalue weighted by Crippen LogP contribution is -2.62. The fourth-order valence-corrected chi connectivity index (χ4v) is 8.39. The van der Waals surface area contributed by atoms with E-state index in [1.165, 1.54) is 15.3 Å². The van der Waals surface area contributed by atoms with E-state index in [1.807, 2.05) is 41.5 Å². The highest BCUT2D eigenvalue weighted by Crippen LogP contribution is 2.65. The maximum Gasteiger partial charge on any atom is 0.315 e. The van der Waals surface area contributed by atoms with Crippen molar-refractivity contribution in [2.45, 2.75) is 110 Å². The Kier molecular flexibility index (Phi) is 12.0. The van der Waals surface area contributed by atoms with Crippen LogP contribution >= 0.6 is 0 Å². The third-order valence-electron chi connectivity index (χ3n) is 10.5. The number of likely N-dealkylation sites (N-methyl/N-ethyl adjacent to an activating group) is 1. The van der Waals surface area contributed by atoms with Crippen molar-refractivity contribution in [1.29, 1.82) is 0 Å². The number of nitrogens with one attached hydrogen (secondary N) is 4. The van der Waals surface area contributed by atoms with E-state index >= 15 is 0 Å². The van der Waals surface area contributed by atoms with E-state index in [9.17, 15) is 32.4 Å². The first-order chi connectivity index (χ1) is 21.7. The minimum Gasteiger partial charge on any atom is -0.346 e. The summed E-state index contributed by atoms with van der Waals surface area (Å²) in [5.41, 5.74) is -1.70. The number of rotatable bonds is 14. The van der Waals surface area contributed by atoms with Gasteiger partial charge in [-0.3, -0.25) is 19.2 Å². The van der Waals surface area contributed by atoms with E-state index in [2.05, 4.69) is 27.8 Å². The van der Waals surface area contributed by atoms with Crippen LogP contribution in [0.25, 0.3) is 0 Å². The van der Waals surface area contributed by atoms with Crippen LogP contribution in [-0.2, 0) is 29.2 Å². The Hall–Kier alpha value is -3.00. The average Bonchev–Trinajstić information content (AvgIpc) is 3.30. The Labute approximate surface area is 280 Å². The van der Waals surface area contributed by atoms with Crippen LogP contribution in [-0.4, -0.2) is 104 Å². The van der Waals surface area contributed by atoms with Crippen molar-refractivity contribution in [3.05, 3.63) is 12.7 Å². The number of amides is 5. The molecule has 266 valence electrons. The number of nitrogens with zero attached hydrogens (tertiary/aromatic N) is 2. The second-order valence-corrected chi connectivity index (χ2v) is 17.3. The Bertz CT molecular complexity index is 1330. The third-order valence-corrected chi connectivity index (χ3v) is 11.9. The van der Waals surface area contributed by atoms with E-state index < -0.39 is 68.6 Å². The topological polar surface area (TPSA) is 174 Å². The van der Waals surface area contributed by atoms with E-state index in [1.54, 1.807) is 7.05 Å². The lowest BCUT2D eigenvalue weighted by atomic mass is 9.81. The molecule has 3 fully saturated rings. The van der Waals surface area contributed by atoms with Crippen molar-refractivity contribution in [2.24, 2.45) is 22.7 Å². The van der Waals surface area contributed by atoms with Crippen LogP contribution in [0.1, 0.15) is 86.5 Å². The molecule has 4 N–H and O–H groups in total. The largest absolute Gasteiger partial charge is 0.346 e. The number of fused-ring (bicyclic) bond motifs is 1. The summed E-state index contributed by atoms with van der Waals surface area (Å²) in [5.74, 6) is -2.57. The van der Waals surface area contributed by atoms with Crippen LogP contribution in [0.2, 0.25) is 0 Å². The Balaban J connectivity index is 1.80. The first kappa shape index (κ1) is 38.4. The summed E-state index contributed by atoms with van der Waals surface area (Å²) in [5, 5.41) is 10.9.